The van der Waals surface area contributed by atoms with E-state index in [1.807, 2.05) is 30.3 Å². The fourth-order valence-corrected chi connectivity index (χ4v) is 7.38. The first-order chi connectivity index (χ1) is 23.8. The Bertz CT molecular complexity index is 2210. The van der Waals surface area contributed by atoms with Crippen LogP contribution in [0.2, 0.25) is 0 Å². The van der Waals surface area contributed by atoms with Crippen LogP contribution in [0.1, 0.15) is 5.56 Å². The number of fused-ring (bicyclic) bond motifs is 10. The number of benzene rings is 7. The summed E-state index contributed by atoms with van der Waals surface area (Å²) >= 11 is 0. The number of rotatable bonds is 2. The van der Waals surface area contributed by atoms with Gasteiger partial charge in [0.2, 0.25) is 5.69 Å². The van der Waals surface area contributed by atoms with Crippen molar-refractivity contribution < 1.29 is 0 Å². The molecule has 0 amide bonds. The fourth-order valence-electron chi connectivity index (χ4n) is 7.38. The molecule has 0 saturated carbocycles. The number of hydrogen-bond donors (Lipinski definition) is 0. The van der Waals surface area contributed by atoms with Gasteiger partial charge in [0.1, 0.15) is 0 Å². The maximum atomic E-state index is 10.7. The third kappa shape index (κ3) is 4.01. The van der Waals surface area contributed by atoms with E-state index in [0.717, 1.165) is 67.3 Å². The monoisotopic (exact) mass is 610 g/mol. The summed E-state index contributed by atoms with van der Waals surface area (Å²) in [5.74, 6) is 0. The van der Waals surface area contributed by atoms with Crippen LogP contribution >= 0.6 is 0 Å². The summed E-state index contributed by atoms with van der Waals surface area (Å²) in [5, 5.41) is 10.7. The van der Waals surface area contributed by atoms with Crippen LogP contribution in [0.4, 0.5) is 39.8 Å². The standard InChI is InChI=1S/C44H26N4/c1-46-38-26-29(28-45)43(47-39-22-10-6-18-34(39)30-14-2-3-15-31(30)35-19-7-11-23-40(35)47)27-44(38)48-41-24-12-8-20-36(41)32-16-4-5-17-33(32)37-21-9-13-25-42(37)48/h2-27H. The van der Waals surface area contributed by atoms with Crippen molar-refractivity contribution in [3.05, 3.63) is 175 Å². The van der Waals surface area contributed by atoms with Gasteiger partial charge in [-0.1, -0.05) is 121 Å². The van der Waals surface area contributed by atoms with Gasteiger partial charge in [-0.15, -0.1) is 0 Å². The lowest BCUT2D eigenvalue weighted by molar-refractivity contribution is 1.25. The molecular formula is C44H26N4. The van der Waals surface area contributed by atoms with Gasteiger partial charge in [-0.2, -0.15) is 5.26 Å². The van der Waals surface area contributed by atoms with Crippen molar-refractivity contribution in [1.82, 2.24) is 0 Å². The molecule has 2 aliphatic rings. The van der Waals surface area contributed by atoms with Crippen LogP contribution < -0.4 is 9.80 Å². The first kappa shape index (κ1) is 27.4. The van der Waals surface area contributed by atoms with Crippen LogP contribution in [-0.2, 0) is 0 Å². The molecule has 0 aliphatic carbocycles. The Morgan fingerprint density at radius 3 is 1.04 bits per heavy atom. The molecule has 48 heavy (non-hydrogen) atoms. The van der Waals surface area contributed by atoms with Gasteiger partial charge in [0.15, 0.2) is 0 Å². The van der Waals surface area contributed by atoms with Gasteiger partial charge in [-0.05, 0) is 58.7 Å². The van der Waals surface area contributed by atoms with E-state index in [1.165, 1.54) is 0 Å². The van der Waals surface area contributed by atoms with Crippen LogP contribution in [0.5, 0.6) is 0 Å². The van der Waals surface area contributed by atoms with Gasteiger partial charge in [0, 0.05) is 22.3 Å². The Morgan fingerprint density at radius 2 is 0.708 bits per heavy atom. The number of anilines is 6. The van der Waals surface area contributed by atoms with E-state index in [0.29, 0.717) is 22.6 Å². The van der Waals surface area contributed by atoms with Crippen molar-refractivity contribution in [3.63, 3.8) is 0 Å². The molecule has 0 bridgehead atoms. The fraction of sp³-hybridized carbons (Fsp3) is 0. The summed E-state index contributed by atoms with van der Waals surface area (Å²) < 4.78 is 0. The maximum absolute atomic E-state index is 10.7. The minimum Gasteiger partial charge on any atom is -0.319 e. The number of nitriles is 1. The van der Waals surface area contributed by atoms with Crippen molar-refractivity contribution in [1.29, 1.82) is 5.26 Å². The van der Waals surface area contributed by atoms with E-state index >= 15 is 0 Å². The first-order valence-electron chi connectivity index (χ1n) is 15.9. The summed E-state index contributed by atoms with van der Waals surface area (Å²) in [6.07, 6.45) is 0. The van der Waals surface area contributed by atoms with E-state index < -0.39 is 0 Å². The molecule has 7 aromatic carbocycles. The second-order valence-electron chi connectivity index (χ2n) is 11.9. The molecule has 9 rings (SSSR count). The topological polar surface area (TPSA) is 34.6 Å². The number of nitrogens with zero attached hydrogens (tertiary/aromatic N) is 4. The highest BCUT2D eigenvalue weighted by atomic mass is 15.2. The molecule has 2 heterocycles. The molecule has 4 nitrogen and oxygen atoms in total. The van der Waals surface area contributed by atoms with Crippen molar-refractivity contribution in [2.24, 2.45) is 0 Å². The normalized spacial score (nSPS) is 12.0. The molecular weight excluding hydrogens is 585 g/mol. The molecule has 0 aromatic heterocycles. The molecule has 0 fully saturated rings. The first-order valence-corrected chi connectivity index (χ1v) is 15.9. The zero-order chi connectivity index (χ0) is 32.2. The van der Waals surface area contributed by atoms with Crippen molar-refractivity contribution >= 4 is 39.8 Å². The molecule has 222 valence electrons. The van der Waals surface area contributed by atoms with Crippen molar-refractivity contribution in [2.45, 2.75) is 0 Å². The highest BCUT2D eigenvalue weighted by Gasteiger charge is 2.31. The SMILES string of the molecule is [C-]#[N+]c1cc(C#N)c(N2c3ccccc3-c3ccccc3-c3ccccc32)cc1N1c2ccccc2-c2ccccc2-c2ccccc21. The van der Waals surface area contributed by atoms with Gasteiger partial charge in [0.05, 0.1) is 52.3 Å². The molecule has 0 unspecified atom stereocenters. The smallest absolute Gasteiger partial charge is 0.212 e. The largest absolute Gasteiger partial charge is 0.319 e. The molecule has 7 aromatic rings. The van der Waals surface area contributed by atoms with Gasteiger partial charge >= 0.3 is 0 Å². The summed E-state index contributed by atoms with van der Waals surface area (Å²) in [5.41, 5.74) is 15.0. The lowest BCUT2D eigenvalue weighted by atomic mass is 9.95. The second kappa shape index (κ2) is 10.9. The molecule has 0 saturated heterocycles. The Kier molecular flexibility index (Phi) is 6.22. The lowest BCUT2D eigenvalue weighted by Crippen LogP contribution is -2.15. The highest BCUT2D eigenvalue weighted by molar-refractivity contribution is 6.07. The van der Waals surface area contributed by atoms with Gasteiger partial charge in [-0.3, -0.25) is 0 Å². The second-order valence-corrected chi connectivity index (χ2v) is 11.9. The predicted molar refractivity (Wildman–Crippen MR) is 196 cm³/mol. The average Bonchev–Trinajstić information content (AvgIpc) is 3.36. The third-order valence-electron chi connectivity index (χ3n) is 9.41. The Morgan fingerprint density at radius 1 is 0.396 bits per heavy atom. The van der Waals surface area contributed by atoms with Crippen LogP contribution in [0.25, 0.3) is 49.4 Å². The minimum absolute atomic E-state index is 0.408. The van der Waals surface area contributed by atoms with Gasteiger partial charge < -0.3 is 9.80 Å². The summed E-state index contributed by atoms with van der Waals surface area (Å²) in [6.45, 7) is 8.37. The minimum atomic E-state index is 0.408. The highest BCUT2D eigenvalue weighted by Crippen LogP contribution is 2.56. The number of para-hydroxylation sites is 4. The summed E-state index contributed by atoms with van der Waals surface area (Å²) in [4.78, 5) is 8.45. The van der Waals surface area contributed by atoms with E-state index in [2.05, 4.69) is 142 Å². The van der Waals surface area contributed by atoms with Crippen molar-refractivity contribution in [2.75, 3.05) is 9.80 Å². The van der Waals surface area contributed by atoms with Crippen LogP contribution in [0.3, 0.4) is 0 Å². The molecule has 0 atom stereocenters. The van der Waals surface area contributed by atoms with Gasteiger partial charge in [-0.25, -0.2) is 4.85 Å². The Labute approximate surface area is 279 Å². The zero-order valence-electron chi connectivity index (χ0n) is 25.8. The van der Waals surface area contributed by atoms with Gasteiger partial charge in [0.25, 0.3) is 0 Å². The van der Waals surface area contributed by atoms with Crippen LogP contribution in [-0.4, -0.2) is 0 Å². The molecule has 0 N–H and O–H groups in total. The predicted octanol–water partition coefficient (Wildman–Crippen LogP) is 12.3. The average molecular weight is 611 g/mol. The van der Waals surface area contributed by atoms with E-state index in [1.54, 1.807) is 6.07 Å². The lowest BCUT2D eigenvalue weighted by Gasteiger charge is -2.32. The molecule has 0 spiro atoms. The summed E-state index contributed by atoms with van der Waals surface area (Å²) in [6, 6.07) is 56.7. The van der Waals surface area contributed by atoms with Crippen molar-refractivity contribution in [3.8, 4) is 50.6 Å². The number of hydrogen-bond acceptors (Lipinski definition) is 3. The summed E-state index contributed by atoms with van der Waals surface area (Å²) in [7, 11) is 0. The van der Waals surface area contributed by atoms with E-state index in [4.69, 9.17) is 6.57 Å². The zero-order valence-corrected chi connectivity index (χ0v) is 25.8. The Hall–Kier alpha value is -6.88. The molecule has 4 heteroatoms. The maximum Gasteiger partial charge on any atom is 0.212 e. The third-order valence-corrected chi connectivity index (χ3v) is 9.41. The van der Waals surface area contributed by atoms with E-state index in [-0.39, 0.29) is 0 Å². The quantitative estimate of drug-likeness (QED) is 0.183. The molecule has 2 aliphatic heterocycles. The van der Waals surface area contributed by atoms with E-state index in [9.17, 15) is 5.26 Å². The Balaban J connectivity index is 1.38. The van der Waals surface area contributed by atoms with Crippen LogP contribution in [0.15, 0.2) is 158 Å². The molecule has 0 radical (unpaired) electrons. The van der Waals surface area contributed by atoms with Crippen LogP contribution in [0, 0.1) is 17.9 Å².